The molecule has 0 saturated carbocycles. The summed E-state index contributed by atoms with van der Waals surface area (Å²) < 4.78 is 5.64. The third kappa shape index (κ3) is 4.93. The number of carbonyl (C=O) groups excluding carboxylic acids is 1. The van der Waals surface area contributed by atoms with Crippen molar-refractivity contribution >= 4 is 5.91 Å². The zero-order valence-electron chi connectivity index (χ0n) is 11.8. The number of amides is 1. The fourth-order valence-corrected chi connectivity index (χ4v) is 1.82. The van der Waals surface area contributed by atoms with E-state index in [1.54, 1.807) is 12.1 Å². The van der Waals surface area contributed by atoms with Crippen molar-refractivity contribution in [1.29, 1.82) is 0 Å². The smallest absolute Gasteiger partial charge is 0.251 e. The maximum Gasteiger partial charge on any atom is 0.251 e. The lowest BCUT2D eigenvalue weighted by Gasteiger charge is -2.07. The van der Waals surface area contributed by atoms with Gasteiger partial charge in [0.25, 0.3) is 5.91 Å². The van der Waals surface area contributed by atoms with E-state index >= 15 is 0 Å². The molecule has 1 amide bonds. The standard InChI is InChI=1S/C17H19NO3/c19-12-4-11-18-17(20)15-9-7-14(8-10-15)13-21-16-5-2-1-3-6-16/h1-3,5-10,19H,4,11-13H2,(H,18,20). The molecule has 110 valence electrons. The molecule has 0 heterocycles. The zero-order valence-corrected chi connectivity index (χ0v) is 11.8. The van der Waals surface area contributed by atoms with Crippen molar-refractivity contribution in [2.75, 3.05) is 13.2 Å². The summed E-state index contributed by atoms with van der Waals surface area (Å²) in [4.78, 5) is 11.8. The number of para-hydroxylation sites is 1. The van der Waals surface area contributed by atoms with E-state index in [-0.39, 0.29) is 12.5 Å². The molecule has 0 bridgehead atoms. The number of nitrogens with one attached hydrogen (secondary N) is 1. The minimum atomic E-state index is -0.126. The van der Waals surface area contributed by atoms with Gasteiger partial charge in [-0.25, -0.2) is 0 Å². The molecule has 2 N–H and O–H groups in total. The fourth-order valence-electron chi connectivity index (χ4n) is 1.82. The first-order chi connectivity index (χ1) is 10.3. The van der Waals surface area contributed by atoms with Crippen molar-refractivity contribution in [3.63, 3.8) is 0 Å². The molecule has 0 atom stereocenters. The molecule has 2 aromatic carbocycles. The Morgan fingerprint density at radius 1 is 1.05 bits per heavy atom. The highest BCUT2D eigenvalue weighted by molar-refractivity contribution is 5.94. The summed E-state index contributed by atoms with van der Waals surface area (Å²) in [6, 6.07) is 16.9. The minimum Gasteiger partial charge on any atom is -0.489 e. The predicted molar refractivity (Wildman–Crippen MR) is 81.3 cm³/mol. The quantitative estimate of drug-likeness (QED) is 0.768. The fraction of sp³-hybridized carbons (Fsp3) is 0.235. The summed E-state index contributed by atoms with van der Waals surface area (Å²) in [7, 11) is 0. The van der Waals surface area contributed by atoms with Crippen LogP contribution in [0.1, 0.15) is 22.3 Å². The number of rotatable bonds is 7. The molecule has 0 aliphatic heterocycles. The van der Waals surface area contributed by atoms with Crippen LogP contribution in [0.2, 0.25) is 0 Å². The maximum absolute atomic E-state index is 11.8. The average molecular weight is 285 g/mol. The second-order valence-electron chi connectivity index (χ2n) is 4.63. The lowest BCUT2D eigenvalue weighted by atomic mass is 10.1. The predicted octanol–water partition coefficient (Wildman–Crippen LogP) is 2.38. The van der Waals surface area contributed by atoms with Gasteiger partial charge in [-0.3, -0.25) is 4.79 Å². The molecule has 0 aliphatic rings. The summed E-state index contributed by atoms with van der Waals surface area (Å²) in [6.07, 6.45) is 0.564. The summed E-state index contributed by atoms with van der Waals surface area (Å²) in [5, 5.41) is 11.4. The second kappa shape index (κ2) is 8.07. The van der Waals surface area contributed by atoms with Gasteiger partial charge in [0.15, 0.2) is 0 Å². The Morgan fingerprint density at radius 3 is 2.43 bits per heavy atom. The Hall–Kier alpha value is -2.33. The first kappa shape index (κ1) is 15.1. The van der Waals surface area contributed by atoms with Crippen molar-refractivity contribution in [3.05, 3.63) is 65.7 Å². The third-order valence-corrected chi connectivity index (χ3v) is 2.99. The number of ether oxygens (including phenoxy) is 1. The van der Waals surface area contributed by atoms with Crippen molar-refractivity contribution in [3.8, 4) is 5.75 Å². The van der Waals surface area contributed by atoms with Gasteiger partial charge in [-0.2, -0.15) is 0 Å². The molecule has 0 unspecified atom stereocenters. The van der Waals surface area contributed by atoms with E-state index in [1.165, 1.54) is 0 Å². The minimum absolute atomic E-state index is 0.0794. The van der Waals surface area contributed by atoms with Crippen LogP contribution >= 0.6 is 0 Å². The Morgan fingerprint density at radius 2 is 1.76 bits per heavy atom. The van der Waals surface area contributed by atoms with Crippen LogP contribution in [0.4, 0.5) is 0 Å². The summed E-state index contributed by atoms with van der Waals surface area (Å²) in [5.41, 5.74) is 1.61. The Balaban J connectivity index is 1.85. The van der Waals surface area contributed by atoms with E-state index in [9.17, 15) is 4.79 Å². The Kier molecular flexibility index (Phi) is 5.79. The highest BCUT2D eigenvalue weighted by Gasteiger charge is 2.04. The van der Waals surface area contributed by atoms with Crippen molar-refractivity contribution in [2.45, 2.75) is 13.0 Å². The number of aliphatic hydroxyl groups is 1. The van der Waals surface area contributed by atoms with Gasteiger partial charge in [-0.15, -0.1) is 0 Å². The average Bonchev–Trinajstić information content (AvgIpc) is 2.54. The molecule has 2 aromatic rings. The molecular formula is C17H19NO3. The number of hydrogen-bond acceptors (Lipinski definition) is 3. The summed E-state index contributed by atoms with van der Waals surface area (Å²) >= 11 is 0. The Bertz CT molecular complexity index is 552. The zero-order chi connectivity index (χ0) is 14.9. The molecule has 21 heavy (non-hydrogen) atoms. The van der Waals surface area contributed by atoms with Gasteiger partial charge in [0.1, 0.15) is 12.4 Å². The number of benzene rings is 2. The van der Waals surface area contributed by atoms with Crippen molar-refractivity contribution in [1.82, 2.24) is 5.32 Å². The SMILES string of the molecule is O=C(NCCCO)c1ccc(COc2ccccc2)cc1. The molecule has 4 heteroatoms. The second-order valence-corrected chi connectivity index (χ2v) is 4.63. The molecule has 0 radical (unpaired) electrons. The van der Waals surface area contributed by atoms with Gasteiger partial charge in [-0.05, 0) is 36.2 Å². The van der Waals surface area contributed by atoms with E-state index < -0.39 is 0 Å². The monoisotopic (exact) mass is 285 g/mol. The number of hydrogen-bond donors (Lipinski definition) is 2. The van der Waals surface area contributed by atoms with Crippen molar-refractivity contribution in [2.24, 2.45) is 0 Å². The molecule has 0 spiro atoms. The van der Waals surface area contributed by atoms with Crippen LogP contribution in [0, 0.1) is 0 Å². The third-order valence-electron chi connectivity index (χ3n) is 2.99. The lowest BCUT2D eigenvalue weighted by molar-refractivity contribution is 0.0951. The van der Waals surface area contributed by atoms with Gasteiger partial charge < -0.3 is 15.2 Å². The Labute approximate surface area is 124 Å². The van der Waals surface area contributed by atoms with Crippen LogP contribution in [-0.2, 0) is 6.61 Å². The largest absolute Gasteiger partial charge is 0.489 e. The molecule has 0 aromatic heterocycles. The topological polar surface area (TPSA) is 58.6 Å². The summed E-state index contributed by atoms with van der Waals surface area (Å²) in [5.74, 6) is 0.697. The molecule has 0 aliphatic carbocycles. The first-order valence-corrected chi connectivity index (χ1v) is 6.95. The highest BCUT2D eigenvalue weighted by atomic mass is 16.5. The van der Waals surface area contributed by atoms with E-state index in [1.807, 2.05) is 42.5 Å². The molecular weight excluding hydrogens is 266 g/mol. The van der Waals surface area contributed by atoms with E-state index in [0.717, 1.165) is 11.3 Å². The van der Waals surface area contributed by atoms with E-state index in [4.69, 9.17) is 9.84 Å². The first-order valence-electron chi connectivity index (χ1n) is 6.95. The van der Waals surface area contributed by atoms with Crippen LogP contribution in [-0.4, -0.2) is 24.2 Å². The van der Waals surface area contributed by atoms with Gasteiger partial charge in [0, 0.05) is 18.7 Å². The number of carbonyl (C=O) groups is 1. The van der Waals surface area contributed by atoms with Gasteiger partial charge in [0.05, 0.1) is 0 Å². The lowest BCUT2D eigenvalue weighted by Crippen LogP contribution is -2.24. The van der Waals surface area contributed by atoms with Gasteiger partial charge >= 0.3 is 0 Å². The summed E-state index contributed by atoms with van der Waals surface area (Å²) in [6.45, 7) is 1.03. The van der Waals surface area contributed by atoms with Crippen LogP contribution in [0.25, 0.3) is 0 Å². The number of aliphatic hydroxyl groups excluding tert-OH is 1. The van der Waals surface area contributed by atoms with Crippen LogP contribution in [0.3, 0.4) is 0 Å². The molecule has 0 saturated heterocycles. The molecule has 2 rings (SSSR count). The highest BCUT2D eigenvalue weighted by Crippen LogP contribution is 2.12. The normalized spacial score (nSPS) is 10.1. The molecule has 4 nitrogen and oxygen atoms in total. The maximum atomic E-state index is 11.8. The molecule has 0 fully saturated rings. The van der Waals surface area contributed by atoms with Crippen LogP contribution in [0.15, 0.2) is 54.6 Å². The van der Waals surface area contributed by atoms with Gasteiger partial charge in [0.2, 0.25) is 0 Å². The van der Waals surface area contributed by atoms with Crippen molar-refractivity contribution < 1.29 is 14.6 Å². The van der Waals surface area contributed by atoms with E-state index in [0.29, 0.717) is 25.1 Å². The van der Waals surface area contributed by atoms with Gasteiger partial charge in [-0.1, -0.05) is 30.3 Å². The van der Waals surface area contributed by atoms with Crippen LogP contribution in [0.5, 0.6) is 5.75 Å². The van der Waals surface area contributed by atoms with E-state index in [2.05, 4.69) is 5.32 Å². The van der Waals surface area contributed by atoms with Crippen LogP contribution < -0.4 is 10.1 Å².